The number of carbonyl (C=O) groups excluding carboxylic acids is 1. The van der Waals surface area contributed by atoms with Crippen LogP contribution in [0.1, 0.15) is 26.4 Å². The molecule has 0 saturated carbocycles. The fourth-order valence-corrected chi connectivity index (χ4v) is 4.43. The van der Waals surface area contributed by atoms with Crippen molar-refractivity contribution in [3.63, 3.8) is 0 Å². The zero-order valence-corrected chi connectivity index (χ0v) is 16.7. The molecule has 0 radical (unpaired) electrons. The van der Waals surface area contributed by atoms with Crippen LogP contribution in [0, 0.1) is 12.7 Å². The molecule has 1 amide bonds. The van der Waals surface area contributed by atoms with E-state index in [9.17, 15) is 9.18 Å². The Morgan fingerprint density at radius 2 is 1.82 bits per heavy atom. The van der Waals surface area contributed by atoms with E-state index in [0.29, 0.717) is 17.0 Å². The first-order valence-electron chi connectivity index (χ1n) is 8.83. The molecule has 3 aromatic carbocycles. The molecule has 4 aromatic rings. The van der Waals surface area contributed by atoms with Gasteiger partial charge in [-0.2, -0.15) is 0 Å². The van der Waals surface area contributed by atoms with Gasteiger partial charge in [-0.25, -0.2) is 4.39 Å². The molecule has 0 fully saturated rings. The van der Waals surface area contributed by atoms with Gasteiger partial charge in [-0.3, -0.25) is 4.79 Å². The molecule has 5 heteroatoms. The Labute approximate surface area is 171 Å². The summed E-state index contributed by atoms with van der Waals surface area (Å²) in [5, 5.41) is 3.90. The molecule has 28 heavy (non-hydrogen) atoms. The highest BCUT2D eigenvalue weighted by atomic mass is 35.5. The Hall–Kier alpha value is -2.69. The van der Waals surface area contributed by atoms with Crippen LogP contribution >= 0.6 is 22.9 Å². The van der Waals surface area contributed by atoms with Crippen LogP contribution in [0.4, 0.5) is 10.1 Å². The number of aryl methyl sites for hydroxylation is 1. The predicted octanol–water partition coefficient (Wildman–Crippen LogP) is 6.85. The maximum Gasteiger partial charge on any atom is 0.266 e. The van der Waals surface area contributed by atoms with Crippen LogP contribution in [0.25, 0.3) is 10.1 Å². The van der Waals surface area contributed by atoms with Crippen molar-refractivity contribution in [3.8, 4) is 0 Å². The van der Waals surface area contributed by atoms with Crippen LogP contribution in [0.5, 0.6) is 0 Å². The molecular formula is C23H17ClFNOS. The summed E-state index contributed by atoms with van der Waals surface area (Å²) < 4.78 is 14.5. The minimum Gasteiger partial charge on any atom is -0.321 e. The summed E-state index contributed by atoms with van der Waals surface area (Å²) in [4.78, 5) is 13.7. The van der Waals surface area contributed by atoms with Gasteiger partial charge in [0.1, 0.15) is 5.82 Å². The summed E-state index contributed by atoms with van der Waals surface area (Å²) in [6.45, 7) is 2.05. The van der Waals surface area contributed by atoms with Crippen LogP contribution in [-0.4, -0.2) is 5.91 Å². The van der Waals surface area contributed by atoms with E-state index in [0.717, 1.165) is 21.2 Å². The predicted molar refractivity (Wildman–Crippen MR) is 115 cm³/mol. The molecule has 1 aromatic heterocycles. The molecule has 0 unspecified atom stereocenters. The Balaban J connectivity index is 1.71. The summed E-state index contributed by atoms with van der Waals surface area (Å²) >= 11 is 7.30. The number of rotatable bonds is 4. The van der Waals surface area contributed by atoms with Crippen LogP contribution in [0.15, 0.2) is 66.7 Å². The number of benzene rings is 3. The summed E-state index contributed by atoms with van der Waals surface area (Å²) in [7, 11) is 0. The Bertz CT molecular complexity index is 1170. The van der Waals surface area contributed by atoms with Crippen molar-refractivity contribution in [2.45, 2.75) is 13.3 Å². The average Bonchev–Trinajstić information content (AvgIpc) is 3.05. The fraction of sp³-hybridized carbons (Fsp3) is 0.0870. The van der Waals surface area contributed by atoms with E-state index in [1.807, 2.05) is 24.3 Å². The topological polar surface area (TPSA) is 29.1 Å². The van der Waals surface area contributed by atoms with E-state index in [2.05, 4.69) is 36.5 Å². The molecule has 0 aliphatic heterocycles. The standard InChI is InChI=1S/C23H17ClFNOS/c1-14-6-8-15(9-7-14)12-18-17-4-2-3-5-21(17)28-22(18)23(27)26-16-10-11-20(25)19(24)13-16/h2-11,13H,12H2,1H3,(H,26,27). The monoisotopic (exact) mass is 409 g/mol. The lowest BCUT2D eigenvalue weighted by Gasteiger charge is -2.08. The summed E-state index contributed by atoms with van der Waals surface area (Å²) in [6.07, 6.45) is 0.664. The smallest absolute Gasteiger partial charge is 0.266 e. The number of fused-ring (bicyclic) bond motifs is 1. The number of hydrogen-bond acceptors (Lipinski definition) is 2. The molecule has 140 valence electrons. The number of amides is 1. The first kappa shape index (κ1) is 18.7. The molecule has 1 heterocycles. The van der Waals surface area contributed by atoms with Crippen molar-refractivity contribution >= 4 is 44.6 Å². The van der Waals surface area contributed by atoms with Gasteiger partial charge in [-0.15, -0.1) is 11.3 Å². The molecule has 0 aliphatic rings. The zero-order valence-electron chi connectivity index (χ0n) is 15.1. The maximum absolute atomic E-state index is 13.4. The van der Waals surface area contributed by atoms with Crippen molar-refractivity contribution in [3.05, 3.63) is 99.1 Å². The maximum atomic E-state index is 13.4. The van der Waals surface area contributed by atoms with Gasteiger partial charge in [-0.05, 0) is 54.1 Å². The molecule has 2 nitrogen and oxygen atoms in total. The number of anilines is 1. The van der Waals surface area contributed by atoms with Crippen molar-refractivity contribution in [1.29, 1.82) is 0 Å². The number of carbonyl (C=O) groups is 1. The van der Waals surface area contributed by atoms with Crippen molar-refractivity contribution in [2.75, 3.05) is 5.32 Å². The van der Waals surface area contributed by atoms with E-state index >= 15 is 0 Å². The van der Waals surface area contributed by atoms with Crippen molar-refractivity contribution in [2.24, 2.45) is 0 Å². The van der Waals surface area contributed by atoms with Crippen molar-refractivity contribution < 1.29 is 9.18 Å². The normalized spacial score (nSPS) is 11.0. The highest BCUT2D eigenvalue weighted by Gasteiger charge is 2.19. The second kappa shape index (κ2) is 7.74. The fourth-order valence-electron chi connectivity index (χ4n) is 3.13. The number of hydrogen-bond donors (Lipinski definition) is 1. The minimum absolute atomic E-state index is 0.0194. The minimum atomic E-state index is -0.512. The van der Waals surface area contributed by atoms with E-state index in [1.54, 1.807) is 0 Å². The first-order chi connectivity index (χ1) is 13.5. The molecular weight excluding hydrogens is 393 g/mol. The first-order valence-corrected chi connectivity index (χ1v) is 10.0. The average molecular weight is 410 g/mol. The van der Waals surface area contributed by atoms with Gasteiger partial charge < -0.3 is 5.32 Å². The van der Waals surface area contributed by atoms with Gasteiger partial charge in [0.2, 0.25) is 0 Å². The quantitative estimate of drug-likeness (QED) is 0.392. The Morgan fingerprint density at radius 3 is 2.57 bits per heavy atom. The van der Waals surface area contributed by atoms with E-state index < -0.39 is 5.82 Å². The van der Waals surface area contributed by atoms with E-state index in [-0.39, 0.29) is 10.9 Å². The Morgan fingerprint density at radius 1 is 1.07 bits per heavy atom. The highest BCUT2D eigenvalue weighted by Crippen LogP contribution is 2.34. The van der Waals surface area contributed by atoms with Crippen LogP contribution in [-0.2, 0) is 6.42 Å². The van der Waals surface area contributed by atoms with Crippen molar-refractivity contribution in [1.82, 2.24) is 0 Å². The second-order valence-electron chi connectivity index (χ2n) is 6.65. The van der Waals surface area contributed by atoms with Gasteiger partial charge in [0.05, 0.1) is 9.90 Å². The lowest BCUT2D eigenvalue weighted by molar-refractivity contribution is 0.103. The van der Waals surface area contributed by atoms with Crippen LogP contribution in [0.2, 0.25) is 5.02 Å². The Kier molecular flexibility index (Phi) is 5.16. The van der Waals surface area contributed by atoms with Crippen LogP contribution in [0.3, 0.4) is 0 Å². The molecule has 1 N–H and O–H groups in total. The van der Waals surface area contributed by atoms with Gasteiger partial charge >= 0.3 is 0 Å². The van der Waals surface area contributed by atoms with E-state index in [4.69, 9.17) is 11.6 Å². The molecule has 0 bridgehead atoms. The number of thiophene rings is 1. The summed E-state index contributed by atoms with van der Waals surface area (Å²) in [5.41, 5.74) is 3.81. The van der Waals surface area contributed by atoms with Gasteiger partial charge in [0, 0.05) is 10.4 Å². The SMILES string of the molecule is Cc1ccc(Cc2c(C(=O)Nc3ccc(F)c(Cl)c3)sc3ccccc23)cc1. The van der Waals surface area contributed by atoms with Gasteiger partial charge in [0.15, 0.2) is 0 Å². The third-order valence-corrected chi connectivity index (χ3v) is 6.08. The molecule has 0 saturated heterocycles. The van der Waals surface area contributed by atoms with Gasteiger partial charge in [0.25, 0.3) is 5.91 Å². The third kappa shape index (κ3) is 3.79. The lowest BCUT2D eigenvalue weighted by atomic mass is 10.0. The highest BCUT2D eigenvalue weighted by molar-refractivity contribution is 7.21. The lowest BCUT2D eigenvalue weighted by Crippen LogP contribution is -2.12. The second-order valence-corrected chi connectivity index (χ2v) is 8.11. The largest absolute Gasteiger partial charge is 0.321 e. The van der Waals surface area contributed by atoms with Crippen LogP contribution < -0.4 is 5.32 Å². The summed E-state index contributed by atoms with van der Waals surface area (Å²) in [6, 6.07) is 20.5. The molecule has 0 atom stereocenters. The summed E-state index contributed by atoms with van der Waals surface area (Å²) in [5.74, 6) is -0.729. The zero-order chi connectivity index (χ0) is 19.7. The van der Waals surface area contributed by atoms with E-state index in [1.165, 1.54) is 35.1 Å². The van der Waals surface area contributed by atoms with Gasteiger partial charge in [-0.1, -0.05) is 59.6 Å². The molecule has 0 spiro atoms. The molecule has 4 rings (SSSR count). The third-order valence-electron chi connectivity index (χ3n) is 4.58. The molecule has 0 aliphatic carbocycles. The number of nitrogens with one attached hydrogen (secondary N) is 1. The number of halogens is 2.